The van der Waals surface area contributed by atoms with Crippen LogP contribution in [-0.4, -0.2) is 40.6 Å². The number of nitrogens with one attached hydrogen (secondary N) is 2. The fourth-order valence-electron chi connectivity index (χ4n) is 2.97. The van der Waals surface area contributed by atoms with Crippen LogP contribution in [0.15, 0.2) is 13.6 Å². The molecule has 0 bridgehead atoms. The monoisotopic (exact) mass is 345 g/mol. The molecule has 9 heteroatoms. The Hall–Kier alpha value is -2.86. The number of H-pyrrole nitrogens is 1. The molecule has 9 nitrogen and oxygen atoms in total. The Morgan fingerprint density at radius 2 is 2.12 bits per heavy atom. The van der Waals surface area contributed by atoms with Crippen LogP contribution in [0, 0.1) is 25.2 Å². The highest BCUT2D eigenvalue weighted by molar-refractivity contribution is 5.92. The molecule has 3 heterocycles. The van der Waals surface area contributed by atoms with Crippen molar-refractivity contribution < 1.29 is 13.6 Å². The van der Waals surface area contributed by atoms with E-state index in [4.69, 9.17) is 8.83 Å². The van der Waals surface area contributed by atoms with Crippen molar-refractivity contribution in [1.29, 1.82) is 5.26 Å². The Labute approximate surface area is 143 Å². The molecular formula is C16H19N5O4. The zero-order valence-electron chi connectivity index (χ0n) is 14.1. The molecule has 3 rings (SSSR count). The molecule has 0 aromatic carbocycles. The van der Waals surface area contributed by atoms with Gasteiger partial charge in [0.15, 0.2) is 0 Å². The number of aromatic amines is 1. The Morgan fingerprint density at radius 1 is 1.40 bits per heavy atom. The molecular weight excluding hydrogens is 326 g/mol. The van der Waals surface area contributed by atoms with Gasteiger partial charge in [-0.1, -0.05) is 0 Å². The van der Waals surface area contributed by atoms with Gasteiger partial charge in [0, 0.05) is 11.5 Å². The van der Waals surface area contributed by atoms with Gasteiger partial charge in [-0.2, -0.15) is 5.26 Å². The highest BCUT2D eigenvalue weighted by atomic mass is 16.4. The summed E-state index contributed by atoms with van der Waals surface area (Å²) in [6, 6.07) is 2.05. The van der Waals surface area contributed by atoms with Gasteiger partial charge < -0.3 is 8.83 Å². The van der Waals surface area contributed by atoms with Crippen molar-refractivity contribution >= 4 is 11.8 Å². The van der Waals surface area contributed by atoms with E-state index in [2.05, 4.69) is 21.6 Å². The number of hydrogen-bond acceptors (Lipinski definition) is 7. The first-order chi connectivity index (χ1) is 12.0. The summed E-state index contributed by atoms with van der Waals surface area (Å²) in [6.45, 7) is 5.13. The molecule has 1 aliphatic heterocycles. The van der Waals surface area contributed by atoms with Gasteiger partial charge in [0.25, 0.3) is 0 Å². The number of hydrogen-bond donors (Lipinski definition) is 2. The lowest BCUT2D eigenvalue weighted by molar-refractivity contribution is -0.117. The number of amides is 1. The number of aryl methyl sites for hydroxylation is 1. The molecule has 132 valence electrons. The lowest BCUT2D eigenvalue weighted by Gasteiger charge is -2.29. The molecule has 1 saturated heterocycles. The van der Waals surface area contributed by atoms with Gasteiger partial charge in [-0.05, 0) is 39.8 Å². The molecule has 1 amide bonds. The fourth-order valence-corrected chi connectivity index (χ4v) is 2.97. The molecule has 0 unspecified atom stereocenters. The van der Waals surface area contributed by atoms with Crippen LogP contribution >= 0.6 is 0 Å². The predicted octanol–water partition coefficient (Wildman–Crippen LogP) is 1.26. The molecule has 1 aliphatic rings. The van der Waals surface area contributed by atoms with Crippen LogP contribution in [0.1, 0.15) is 41.5 Å². The molecule has 25 heavy (non-hydrogen) atoms. The maximum atomic E-state index is 12.2. The highest BCUT2D eigenvalue weighted by Crippen LogP contribution is 2.27. The number of likely N-dealkylation sites (tertiary alicyclic amines) is 1. The Bertz CT molecular complexity index is 864. The largest absolute Gasteiger partial charge is 0.444 e. The average Bonchev–Trinajstić information content (AvgIpc) is 3.12. The van der Waals surface area contributed by atoms with Gasteiger partial charge in [0.05, 0.1) is 6.54 Å². The van der Waals surface area contributed by atoms with E-state index in [1.807, 2.05) is 4.90 Å². The van der Waals surface area contributed by atoms with Crippen molar-refractivity contribution in [2.75, 3.05) is 25.0 Å². The smallest absolute Gasteiger partial charge is 0.434 e. The summed E-state index contributed by atoms with van der Waals surface area (Å²) >= 11 is 0. The number of aromatic nitrogens is 2. The summed E-state index contributed by atoms with van der Waals surface area (Å²) in [5.74, 6) is 0.557. The quantitative estimate of drug-likeness (QED) is 0.853. The first-order valence-corrected chi connectivity index (χ1v) is 8.05. The molecule has 2 N–H and O–H groups in total. The number of piperidine rings is 1. The molecule has 1 fully saturated rings. The van der Waals surface area contributed by atoms with Crippen molar-refractivity contribution in [2.45, 2.75) is 32.6 Å². The summed E-state index contributed by atoms with van der Waals surface area (Å²) in [4.78, 5) is 25.2. The minimum Gasteiger partial charge on any atom is -0.444 e. The van der Waals surface area contributed by atoms with Crippen molar-refractivity contribution in [2.24, 2.45) is 0 Å². The Kier molecular flexibility index (Phi) is 4.72. The lowest BCUT2D eigenvalue weighted by atomic mass is 9.97. The van der Waals surface area contributed by atoms with E-state index < -0.39 is 5.76 Å². The standard InChI is InChI=1S/C16H19N5O4/c1-9-10(2)24-15(12(9)7-17)18-13(22)8-21-5-3-11(4-6-21)14-19-20-16(23)25-14/h11H,3-6,8H2,1-2H3,(H,18,22)(H,20,23). The van der Waals surface area contributed by atoms with Gasteiger partial charge in [-0.25, -0.2) is 9.89 Å². The van der Waals surface area contributed by atoms with Crippen LogP contribution in [0.5, 0.6) is 0 Å². The zero-order chi connectivity index (χ0) is 18.0. The van der Waals surface area contributed by atoms with Crippen molar-refractivity contribution in [3.8, 4) is 6.07 Å². The maximum absolute atomic E-state index is 12.2. The summed E-state index contributed by atoms with van der Waals surface area (Å²) in [6.07, 6.45) is 1.51. The van der Waals surface area contributed by atoms with E-state index in [-0.39, 0.29) is 24.3 Å². The Morgan fingerprint density at radius 3 is 2.72 bits per heavy atom. The van der Waals surface area contributed by atoms with E-state index >= 15 is 0 Å². The van der Waals surface area contributed by atoms with E-state index in [1.165, 1.54) is 0 Å². The summed E-state index contributed by atoms with van der Waals surface area (Å²) in [7, 11) is 0. The molecule has 0 atom stereocenters. The minimum absolute atomic E-state index is 0.0822. The summed E-state index contributed by atoms with van der Waals surface area (Å²) in [5.41, 5.74) is 1.09. The van der Waals surface area contributed by atoms with Gasteiger partial charge in [-0.15, -0.1) is 5.10 Å². The molecule has 2 aromatic heterocycles. The number of rotatable bonds is 4. The zero-order valence-corrected chi connectivity index (χ0v) is 14.1. The van der Waals surface area contributed by atoms with Crippen LogP contribution in [0.3, 0.4) is 0 Å². The third kappa shape index (κ3) is 3.64. The van der Waals surface area contributed by atoms with Gasteiger partial charge >= 0.3 is 5.76 Å². The van der Waals surface area contributed by atoms with Gasteiger partial charge in [0.2, 0.25) is 17.7 Å². The number of furan rings is 1. The summed E-state index contributed by atoms with van der Waals surface area (Å²) in [5, 5.41) is 18.0. The average molecular weight is 345 g/mol. The Balaban J connectivity index is 1.54. The molecule has 0 radical (unpaired) electrons. The number of carbonyl (C=O) groups excluding carboxylic acids is 1. The van der Waals surface area contributed by atoms with E-state index in [0.29, 0.717) is 30.3 Å². The van der Waals surface area contributed by atoms with Crippen molar-refractivity contribution in [3.63, 3.8) is 0 Å². The van der Waals surface area contributed by atoms with Crippen molar-refractivity contribution in [3.05, 3.63) is 33.3 Å². The molecule has 0 spiro atoms. The summed E-state index contributed by atoms with van der Waals surface area (Å²) < 4.78 is 10.4. The van der Waals surface area contributed by atoms with E-state index in [0.717, 1.165) is 18.4 Å². The lowest BCUT2D eigenvalue weighted by Crippen LogP contribution is -2.38. The number of nitrogens with zero attached hydrogens (tertiary/aromatic N) is 3. The van der Waals surface area contributed by atoms with Gasteiger partial charge in [-0.3, -0.25) is 15.0 Å². The van der Waals surface area contributed by atoms with Crippen LogP contribution in [-0.2, 0) is 4.79 Å². The van der Waals surface area contributed by atoms with Crippen molar-refractivity contribution in [1.82, 2.24) is 15.1 Å². The number of nitriles is 1. The minimum atomic E-state index is -0.547. The number of carbonyl (C=O) groups is 1. The molecule has 0 saturated carbocycles. The van der Waals surface area contributed by atoms with Crippen LogP contribution in [0.2, 0.25) is 0 Å². The van der Waals surface area contributed by atoms with E-state index in [1.54, 1.807) is 13.8 Å². The maximum Gasteiger partial charge on any atom is 0.434 e. The second-order valence-electron chi connectivity index (χ2n) is 6.15. The molecule has 0 aliphatic carbocycles. The van der Waals surface area contributed by atoms with Crippen LogP contribution < -0.4 is 11.1 Å². The second-order valence-corrected chi connectivity index (χ2v) is 6.15. The molecule has 2 aromatic rings. The van der Waals surface area contributed by atoms with Crippen LogP contribution in [0.25, 0.3) is 0 Å². The first kappa shape index (κ1) is 17.0. The normalized spacial score (nSPS) is 15.9. The first-order valence-electron chi connectivity index (χ1n) is 8.05. The SMILES string of the molecule is Cc1oc(NC(=O)CN2CCC(c3n[nH]c(=O)o3)CC2)c(C#N)c1C. The van der Waals surface area contributed by atoms with Crippen LogP contribution in [0.4, 0.5) is 5.88 Å². The predicted molar refractivity (Wildman–Crippen MR) is 87.1 cm³/mol. The van der Waals surface area contributed by atoms with E-state index in [9.17, 15) is 14.9 Å². The third-order valence-corrected chi connectivity index (χ3v) is 4.51. The number of anilines is 1. The topological polar surface area (TPSA) is 128 Å². The highest BCUT2D eigenvalue weighted by Gasteiger charge is 2.26. The third-order valence-electron chi connectivity index (χ3n) is 4.51. The van der Waals surface area contributed by atoms with Gasteiger partial charge in [0.1, 0.15) is 17.4 Å². The second kappa shape index (κ2) is 6.94. The fraction of sp³-hybridized carbons (Fsp3) is 0.500.